The van der Waals surface area contributed by atoms with Crippen LogP contribution in [0, 0.1) is 11.6 Å². The molecule has 1 atom stereocenters. The van der Waals surface area contributed by atoms with Crippen LogP contribution in [-0.4, -0.2) is 0 Å². The summed E-state index contributed by atoms with van der Waals surface area (Å²) in [7, 11) is -3.75. The van der Waals surface area contributed by atoms with E-state index in [1.54, 1.807) is 60.7 Å². The Bertz CT molecular complexity index is 886. The molecule has 0 amide bonds. The van der Waals surface area contributed by atoms with E-state index < -0.39 is 19.2 Å². The predicted molar refractivity (Wildman–Crippen MR) is 91.9 cm³/mol. The largest absolute Gasteiger partial charge is 0.421 e. The Labute approximate surface area is 144 Å². The molecule has 6 heteroatoms. The molecule has 0 spiro atoms. The van der Waals surface area contributed by atoms with E-state index in [2.05, 4.69) is 0 Å². The molecule has 0 heterocycles. The van der Waals surface area contributed by atoms with Crippen molar-refractivity contribution in [2.24, 2.45) is 0 Å². The smallest absolute Gasteiger partial charge is 0.411 e. The molecular weight excluding hydrogens is 345 g/mol. The van der Waals surface area contributed by atoms with Crippen LogP contribution >= 0.6 is 7.60 Å². The Morgan fingerprint density at radius 1 is 0.840 bits per heavy atom. The fourth-order valence-electron chi connectivity index (χ4n) is 2.18. The lowest BCUT2D eigenvalue weighted by molar-refractivity contribution is 0.260. The van der Waals surface area contributed by atoms with Crippen molar-refractivity contribution in [3.63, 3.8) is 0 Å². The van der Waals surface area contributed by atoms with E-state index in [-0.39, 0.29) is 12.2 Å². The molecule has 0 saturated heterocycles. The average Bonchev–Trinajstić information content (AvgIpc) is 2.63. The number of hydrogen-bond acceptors (Lipinski definition) is 3. The van der Waals surface area contributed by atoms with E-state index in [4.69, 9.17) is 9.05 Å². The van der Waals surface area contributed by atoms with Crippen LogP contribution in [0.3, 0.4) is 0 Å². The highest BCUT2D eigenvalue weighted by Crippen LogP contribution is 2.48. The summed E-state index contributed by atoms with van der Waals surface area (Å²) >= 11 is 0. The average molecular weight is 360 g/mol. The fourth-order valence-corrected chi connectivity index (χ4v) is 3.73. The van der Waals surface area contributed by atoms with Crippen LogP contribution in [-0.2, 0) is 15.7 Å². The maximum absolute atomic E-state index is 13.8. The molecule has 128 valence electrons. The minimum atomic E-state index is -3.75. The van der Waals surface area contributed by atoms with E-state index in [1.807, 2.05) is 0 Å². The minimum Gasteiger partial charge on any atom is -0.421 e. The third-order valence-electron chi connectivity index (χ3n) is 3.45. The fraction of sp³-hybridized carbons (Fsp3) is 0.0526. The molecular formula is C19H15F2O3P. The van der Waals surface area contributed by atoms with E-state index in [1.165, 1.54) is 6.07 Å². The highest BCUT2D eigenvalue weighted by Gasteiger charge is 2.29. The van der Waals surface area contributed by atoms with Gasteiger partial charge in [0.25, 0.3) is 0 Å². The summed E-state index contributed by atoms with van der Waals surface area (Å²) in [6.07, 6.45) is 0. The SMILES string of the molecule is O=P(OCc1ccc(F)cc1F)(Oc1ccccc1)c1ccccc1. The molecule has 25 heavy (non-hydrogen) atoms. The van der Waals surface area contributed by atoms with Crippen LogP contribution in [0.5, 0.6) is 5.75 Å². The van der Waals surface area contributed by atoms with E-state index in [0.717, 1.165) is 12.1 Å². The Kier molecular flexibility index (Phi) is 5.27. The molecule has 0 aliphatic rings. The minimum absolute atomic E-state index is 0.0919. The predicted octanol–water partition coefficient (Wildman–Crippen LogP) is 5.08. The Hall–Kier alpha value is -2.49. The van der Waals surface area contributed by atoms with Gasteiger partial charge in [0.1, 0.15) is 17.4 Å². The van der Waals surface area contributed by atoms with Gasteiger partial charge in [0.15, 0.2) is 0 Å². The zero-order valence-corrected chi connectivity index (χ0v) is 14.0. The lowest BCUT2D eigenvalue weighted by Crippen LogP contribution is -2.12. The second kappa shape index (κ2) is 7.60. The van der Waals surface area contributed by atoms with Gasteiger partial charge in [-0.3, -0.25) is 4.52 Å². The van der Waals surface area contributed by atoms with Crippen LogP contribution in [0.1, 0.15) is 5.56 Å². The molecule has 3 aromatic carbocycles. The van der Waals surface area contributed by atoms with Crippen molar-refractivity contribution in [3.8, 4) is 5.75 Å². The zero-order valence-electron chi connectivity index (χ0n) is 13.1. The Morgan fingerprint density at radius 2 is 1.48 bits per heavy atom. The first-order chi connectivity index (χ1) is 12.1. The normalized spacial score (nSPS) is 13.2. The molecule has 3 aromatic rings. The maximum Gasteiger partial charge on any atom is 0.411 e. The first-order valence-electron chi connectivity index (χ1n) is 7.56. The molecule has 0 radical (unpaired) electrons. The monoisotopic (exact) mass is 360 g/mol. The van der Waals surface area contributed by atoms with Gasteiger partial charge in [0.2, 0.25) is 0 Å². The molecule has 0 aliphatic carbocycles. The molecule has 0 aliphatic heterocycles. The van der Waals surface area contributed by atoms with E-state index in [0.29, 0.717) is 11.1 Å². The summed E-state index contributed by atoms with van der Waals surface area (Å²) in [6.45, 7) is -0.314. The molecule has 3 rings (SSSR count). The number of para-hydroxylation sites is 1. The van der Waals surface area contributed by atoms with Crippen molar-refractivity contribution < 1.29 is 22.4 Å². The third-order valence-corrected chi connectivity index (χ3v) is 5.30. The number of halogens is 2. The van der Waals surface area contributed by atoms with E-state index >= 15 is 0 Å². The second-order valence-corrected chi connectivity index (χ2v) is 7.20. The van der Waals surface area contributed by atoms with Crippen LogP contribution in [0.25, 0.3) is 0 Å². The van der Waals surface area contributed by atoms with Crippen molar-refractivity contribution in [3.05, 3.63) is 96.1 Å². The van der Waals surface area contributed by atoms with Gasteiger partial charge >= 0.3 is 7.60 Å². The lowest BCUT2D eigenvalue weighted by atomic mass is 10.2. The summed E-state index contributed by atoms with van der Waals surface area (Å²) in [5.74, 6) is -1.08. The van der Waals surface area contributed by atoms with Gasteiger partial charge in [-0.25, -0.2) is 13.3 Å². The summed E-state index contributed by atoms with van der Waals surface area (Å²) < 4.78 is 51.2. The van der Waals surface area contributed by atoms with Crippen molar-refractivity contribution in [1.82, 2.24) is 0 Å². The molecule has 0 fully saturated rings. The van der Waals surface area contributed by atoms with Gasteiger partial charge in [-0.2, -0.15) is 0 Å². The zero-order chi connectivity index (χ0) is 17.7. The molecule has 0 N–H and O–H groups in total. The van der Waals surface area contributed by atoms with Gasteiger partial charge < -0.3 is 4.52 Å². The first kappa shape index (κ1) is 17.3. The highest BCUT2D eigenvalue weighted by molar-refractivity contribution is 7.62. The van der Waals surface area contributed by atoms with Crippen LogP contribution in [0.15, 0.2) is 78.9 Å². The van der Waals surface area contributed by atoms with Gasteiger partial charge in [-0.15, -0.1) is 0 Å². The van der Waals surface area contributed by atoms with Gasteiger partial charge in [-0.05, 0) is 30.3 Å². The number of hydrogen-bond donors (Lipinski definition) is 0. The van der Waals surface area contributed by atoms with Gasteiger partial charge in [0.05, 0.1) is 11.9 Å². The van der Waals surface area contributed by atoms with Crippen molar-refractivity contribution in [1.29, 1.82) is 0 Å². The Balaban J connectivity index is 1.87. The van der Waals surface area contributed by atoms with Crippen molar-refractivity contribution in [2.45, 2.75) is 6.61 Å². The number of rotatable bonds is 6. The maximum atomic E-state index is 13.8. The molecule has 1 unspecified atom stereocenters. The standard InChI is InChI=1S/C19H15F2O3P/c20-16-12-11-15(19(21)13-16)14-23-25(22,18-9-5-2-6-10-18)24-17-7-3-1-4-8-17/h1-13H,14H2. The topological polar surface area (TPSA) is 35.5 Å². The number of benzene rings is 3. The van der Waals surface area contributed by atoms with E-state index in [9.17, 15) is 13.3 Å². The summed E-state index contributed by atoms with van der Waals surface area (Å²) in [5.41, 5.74) is 0.0919. The quantitative estimate of drug-likeness (QED) is 0.575. The van der Waals surface area contributed by atoms with Crippen molar-refractivity contribution >= 4 is 12.9 Å². The van der Waals surface area contributed by atoms with Crippen LogP contribution < -0.4 is 9.83 Å². The third kappa shape index (κ3) is 4.32. The highest BCUT2D eigenvalue weighted by atomic mass is 31.2. The molecule has 3 nitrogen and oxygen atoms in total. The summed E-state index contributed by atoms with van der Waals surface area (Å²) in [5, 5.41) is 0.348. The van der Waals surface area contributed by atoms with Gasteiger partial charge in [0, 0.05) is 11.6 Å². The second-order valence-electron chi connectivity index (χ2n) is 5.25. The first-order valence-corrected chi connectivity index (χ1v) is 9.10. The molecule has 0 aromatic heterocycles. The van der Waals surface area contributed by atoms with Crippen LogP contribution in [0.4, 0.5) is 8.78 Å². The van der Waals surface area contributed by atoms with Crippen molar-refractivity contribution in [2.75, 3.05) is 0 Å². The molecule has 0 bridgehead atoms. The van der Waals surface area contributed by atoms with Gasteiger partial charge in [-0.1, -0.05) is 42.5 Å². The lowest BCUT2D eigenvalue weighted by Gasteiger charge is -2.19. The van der Waals surface area contributed by atoms with Crippen LogP contribution in [0.2, 0.25) is 0 Å². The summed E-state index contributed by atoms with van der Waals surface area (Å²) in [6, 6.07) is 20.1. The Morgan fingerprint density at radius 3 is 2.12 bits per heavy atom. The summed E-state index contributed by atoms with van der Waals surface area (Å²) in [4.78, 5) is 0. The molecule has 0 saturated carbocycles.